The molecule has 0 aliphatic carbocycles. The van der Waals surface area contributed by atoms with E-state index in [2.05, 4.69) is 32.6 Å². The van der Waals surface area contributed by atoms with Crippen LogP contribution in [0.3, 0.4) is 0 Å². The van der Waals surface area contributed by atoms with Gasteiger partial charge in [-0.1, -0.05) is 59.8 Å². The van der Waals surface area contributed by atoms with Gasteiger partial charge in [0, 0.05) is 6.54 Å². The molecule has 104 valence electrons. The molecule has 0 bridgehead atoms. The first kappa shape index (κ1) is 17.0. The van der Waals surface area contributed by atoms with Crippen LogP contribution < -0.4 is 0 Å². The SMILES string of the molecule is CCCCC(CC)CN(CCCC)CCCC. The minimum Gasteiger partial charge on any atom is -0.303 e. The highest BCUT2D eigenvalue weighted by Crippen LogP contribution is 2.15. The summed E-state index contributed by atoms with van der Waals surface area (Å²) in [5.74, 6) is 0.934. The zero-order valence-corrected chi connectivity index (χ0v) is 12.8. The summed E-state index contributed by atoms with van der Waals surface area (Å²) in [5, 5.41) is 0. The Morgan fingerprint density at radius 2 is 1.29 bits per heavy atom. The van der Waals surface area contributed by atoms with Gasteiger partial charge >= 0.3 is 0 Å². The molecular formula is C16H35N. The van der Waals surface area contributed by atoms with Crippen LogP contribution in [0.15, 0.2) is 0 Å². The fraction of sp³-hybridized carbons (Fsp3) is 1.00. The molecule has 0 aliphatic heterocycles. The summed E-state index contributed by atoms with van der Waals surface area (Å²) in [6, 6.07) is 0. The van der Waals surface area contributed by atoms with Crippen molar-refractivity contribution < 1.29 is 0 Å². The lowest BCUT2D eigenvalue weighted by molar-refractivity contribution is 0.213. The molecule has 1 heteroatoms. The smallest absolute Gasteiger partial charge is 0.000955 e. The van der Waals surface area contributed by atoms with Gasteiger partial charge < -0.3 is 4.90 Å². The predicted octanol–water partition coefficient (Wildman–Crippen LogP) is 5.11. The average Bonchev–Trinajstić information content (AvgIpc) is 2.36. The van der Waals surface area contributed by atoms with Gasteiger partial charge in [0.2, 0.25) is 0 Å². The molecule has 0 fully saturated rings. The Bertz CT molecular complexity index is 136. The lowest BCUT2D eigenvalue weighted by atomic mass is 9.98. The highest BCUT2D eigenvalue weighted by molar-refractivity contribution is 4.65. The van der Waals surface area contributed by atoms with Gasteiger partial charge in [-0.3, -0.25) is 0 Å². The molecular weight excluding hydrogens is 206 g/mol. The van der Waals surface area contributed by atoms with Crippen molar-refractivity contribution in [2.45, 2.75) is 79.1 Å². The van der Waals surface area contributed by atoms with E-state index < -0.39 is 0 Å². The third kappa shape index (κ3) is 9.64. The van der Waals surface area contributed by atoms with Crippen molar-refractivity contribution in [3.63, 3.8) is 0 Å². The Kier molecular flexibility index (Phi) is 12.4. The van der Waals surface area contributed by atoms with Crippen molar-refractivity contribution in [3.8, 4) is 0 Å². The second kappa shape index (κ2) is 12.4. The molecule has 0 aromatic heterocycles. The van der Waals surface area contributed by atoms with Crippen molar-refractivity contribution >= 4 is 0 Å². The Labute approximate surface area is 110 Å². The Balaban J connectivity index is 3.97. The fourth-order valence-electron chi connectivity index (χ4n) is 2.34. The summed E-state index contributed by atoms with van der Waals surface area (Å²) in [4.78, 5) is 2.72. The lowest BCUT2D eigenvalue weighted by Crippen LogP contribution is -2.31. The van der Waals surface area contributed by atoms with E-state index in [1.165, 1.54) is 71.0 Å². The highest BCUT2D eigenvalue weighted by atomic mass is 15.1. The summed E-state index contributed by atoms with van der Waals surface area (Å²) >= 11 is 0. The maximum absolute atomic E-state index is 2.72. The van der Waals surface area contributed by atoms with Crippen LogP contribution in [0.2, 0.25) is 0 Å². The number of nitrogens with zero attached hydrogens (tertiary/aromatic N) is 1. The second-order valence-corrected chi connectivity index (χ2v) is 5.42. The van der Waals surface area contributed by atoms with Crippen LogP contribution in [0.25, 0.3) is 0 Å². The lowest BCUT2D eigenvalue weighted by Gasteiger charge is -2.27. The average molecular weight is 241 g/mol. The predicted molar refractivity (Wildman–Crippen MR) is 79.6 cm³/mol. The monoisotopic (exact) mass is 241 g/mol. The molecule has 1 unspecified atom stereocenters. The van der Waals surface area contributed by atoms with Crippen molar-refractivity contribution in [3.05, 3.63) is 0 Å². The second-order valence-electron chi connectivity index (χ2n) is 5.42. The topological polar surface area (TPSA) is 3.24 Å². The maximum atomic E-state index is 2.72. The van der Waals surface area contributed by atoms with E-state index in [9.17, 15) is 0 Å². The van der Waals surface area contributed by atoms with Gasteiger partial charge in [0.25, 0.3) is 0 Å². The zero-order chi connectivity index (χ0) is 12.9. The normalized spacial score (nSPS) is 13.2. The molecule has 0 amide bonds. The van der Waals surface area contributed by atoms with Crippen molar-refractivity contribution in [1.29, 1.82) is 0 Å². The number of hydrogen-bond acceptors (Lipinski definition) is 1. The van der Waals surface area contributed by atoms with Crippen LogP contribution in [0, 0.1) is 5.92 Å². The summed E-state index contributed by atoms with van der Waals surface area (Å²) in [7, 11) is 0. The highest BCUT2D eigenvalue weighted by Gasteiger charge is 2.11. The molecule has 0 radical (unpaired) electrons. The fourth-order valence-corrected chi connectivity index (χ4v) is 2.34. The Hall–Kier alpha value is -0.0400. The molecule has 0 N–H and O–H groups in total. The third-order valence-electron chi connectivity index (χ3n) is 3.72. The minimum absolute atomic E-state index is 0.934. The summed E-state index contributed by atoms with van der Waals surface area (Å²) in [6.45, 7) is 13.2. The summed E-state index contributed by atoms with van der Waals surface area (Å²) in [6.07, 6.45) is 10.9. The van der Waals surface area contributed by atoms with Gasteiger partial charge in [0.1, 0.15) is 0 Å². The van der Waals surface area contributed by atoms with E-state index >= 15 is 0 Å². The standard InChI is InChI=1S/C16H35N/c1-5-9-12-16(8-4)15-17(13-10-6-2)14-11-7-3/h16H,5-15H2,1-4H3. The van der Waals surface area contributed by atoms with Gasteiger partial charge in [-0.15, -0.1) is 0 Å². The summed E-state index contributed by atoms with van der Waals surface area (Å²) in [5.41, 5.74) is 0. The van der Waals surface area contributed by atoms with E-state index in [-0.39, 0.29) is 0 Å². The van der Waals surface area contributed by atoms with E-state index in [0.29, 0.717) is 0 Å². The molecule has 0 heterocycles. The molecule has 0 rings (SSSR count). The molecule has 0 saturated heterocycles. The molecule has 0 saturated carbocycles. The summed E-state index contributed by atoms with van der Waals surface area (Å²) < 4.78 is 0. The van der Waals surface area contributed by atoms with Crippen LogP contribution in [0.4, 0.5) is 0 Å². The molecule has 1 nitrogen and oxygen atoms in total. The van der Waals surface area contributed by atoms with Crippen LogP contribution in [-0.2, 0) is 0 Å². The minimum atomic E-state index is 0.934. The molecule has 17 heavy (non-hydrogen) atoms. The third-order valence-corrected chi connectivity index (χ3v) is 3.72. The van der Waals surface area contributed by atoms with Gasteiger partial charge in [-0.2, -0.15) is 0 Å². The number of rotatable bonds is 12. The van der Waals surface area contributed by atoms with Crippen LogP contribution in [0.1, 0.15) is 79.1 Å². The molecule has 0 aliphatic rings. The van der Waals surface area contributed by atoms with Gasteiger partial charge in [-0.25, -0.2) is 0 Å². The van der Waals surface area contributed by atoms with E-state index in [1.807, 2.05) is 0 Å². The van der Waals surface area contributed by atoms with Gasteiger partial charge in [0.15, 0.2) is 0 Å². The molecule has 1 atom stereocenters. The quantitative estimate of drug-likeness (QED) is 0.459. The van der Waals surface area contributed by atoms with Gasteiger partial charge in [-0.05, 0) is 38.3 Å². The molecule has 0 aromatic carbocycles. The van der Waals surface area contributed by atoms with Crippen LogP contribution >= 0.6 is 0 Å². The van der Waals surface area contributed by atoms with E-state index in [0.717, 1.165) is 5.92 Å². The Morgan fingerprint density at radius 1 is 0.765 bits per heavy atom. The number of hydrogen-bond donors (Lipinski definition) is 0. The Morgan fingerprint density at radius 3 is 1.71 bits per heavy atom. The first-order chi connectivity index (χ1) is 8.28. The van der Waals surface area contributed by atoms with Crippen molar-refractivity contribution in [2.75, 3.05) is 19.6 Å². The number of unbranched alkanes of at least 4 members (excludes halogenated alkanes) is 3. The largest absolute Gasteiger partial charge is 0.303 e. The first-order valence-electron chi connectivity index (χ1n) is 8.00. The van der Waals surface area contributed by atoms with Crippen LogP contribution in [-0.4, -0.2) is 24.5 Å². The first-order valence-corrected chi connectivity index (χ1v) is 8.00. The van der Waals surface area contributed by atoms with E-state index in [1.54, 1.807) is 0 Å². The van der Waals surface area contributed by atoms with Crippen molar-refractivity contribution in [2.24, 2.45) is 5.92 Å². The maximum Gasteiger partial charge on any atom is 0.000955 e. The van der Waals surface area contributed by atoms with E-state index in [4.69, 9.17) is 0 Å². The molecule has 0 spiro atoms. The van der Waals surface area contributed by atoms with Gasteiger partial charge in [0.05, 0.1) is 0 Å². The van der Waals surface area contributed by atoms with Crippen molar-refractivity contribution in [1.82, 2.24) is 4.90 Å². The van der Waals surface area contributed by atoms with Crippen LogP contribution in [0.5, 0.6) is 0 Å². The zero-order valence-electron chi connectivity index (χ0n) is 12.8. The molecule has 0 aromatic rings.